The van der Waals surface area contributed by atoms with Crippen molar-refractivity contribution in [2.45, 2.75) is 64.4 Å². The molecule has 1 saturated heterocycles. The number of hydrogen-bond donors (Lipinski definition) is 3. The minimum Gasteiger partial charge on any atom is -0.507 e. The van der Waals surface area contributed by atoms with Gasteiger partial charge in [0.1, 0.15) is 17.2 Å². The maximum absolute atomic E-state index is 13.1. The maximum atomic E-state index is 13.1. The fraction of sp³-hybridized carbons (Fsp3) is 0.458. The number of piperidine rings is 1. The van der Waals surface area contributed by atoms with Crippen molar-refractivity contribution in [3.05, 3.63) is 42.4 Å². The number of nitrogens with zero attached hydrogens (tertiary/aromatic N) is 3. The Morgan fingerprint density at radius 3 is 2.32 bits per heavy atom. The molecule has 0 saturated carbocycles. The predicted octanol–water partition coefficient (Wildman–Crippen LogP) is 5.24. The Morgan fingerprint density at radius 2 is 1.76 bits per heavy atom. The summed E-state index contributed by atoms with van der Waals surface area (Å²) >= 11 is 0. The van der Waals surface area contributed by atoms with Gasteiger partial charge in [0.15, 0.2) is 0 Å². The Balaban J connectivity index is 1.63. The number of aromatic hydroxyl groups is 1. The van der Waals surface area contributed by atoms with Crippen LogP contribution in [0.4, 0.5) is 13.2 Å². The number of phenols is 1. The SMILES string of the molecule is CC1(C)CC(Cc2ccc(-c3c(O)cc(-c4cn[nH]c4)cc3OC(F)(F)F)nn2)CC(C)(C)N1. The van der Waals surface area contributed by atoms with Crippen molar-refractivity contribution in [2.24, 2.45) is 5.92 Å². The molecule has 10 heteroatoms. The van der Waals surface area contributed by atoms with E-state index < -0.39 is 17.9 Å². The number of phenolic OH excluding ortho intramolecular Hbond substituents is 1. The molecule has 3 N–H and O–H groups in total. The first-order valence-corrected chi connectivity index (χ1v) is 11.0. The van der Waals surface area contributed by atoms with Crippen molar-refractivity contribution in [1.82, 2.24) is 25.7 Å². The third-order valence-corrected chi connectivity index (χ3v) is 5.89. The highest BCUT2D eigenvalue weighted by atomic mass is 19.4. The van der Waals surface area contributed by atoms with E-state index >= 15 is 0 Å². The summed E-state index contributed by atoms with van der Waals surface area (Å²) in [5, 5.41) is 29.0. The predicted molar refractivity (Wildman–Crippen MR) is 121 cm³/mol. The number of rotatable bonds is 5. The van der Waals surface area contributed by atoms with E-state index in [-0.39, 0.29) is 22.3 Å². The monoisotopic (exact) mass is 475 g/mol. The zero-order valence-corrected chi connectivity index (χ0v) is 19.5. The maximum Gasteiger partial charge on any atom is 0.573 e. The molecule has 2 aromatic heterocycles. The van der Waals surface area contributed by atoms with Crippen molar-refractivity contribution in [3.8, 4) is 33.9 Å². The topological polar surface area (TPSA) is 96.0 Å². The molecule has 3 heterocycles. The largest absolute Gasteiger partial charge is 0.573 e. The molecule has 3 aromatic rings. The van der Waals surface area contributed by atoms with Crippen LogP contribution in [-0.4, -0.2) is 42.9 Å². The zero-order valence-electron chi connectivity index (χ0n) is 19.5. The second-order valence-corrected chi connectivity index (χ2v) is 10.2. The Morgan fingerprint density at radius 1 is 1.06 bits per heavy atom. The van der Waals surface area contributed by atoms with Crippen LogP contribution in [0.5, 0.6) is 11.5 Å². The fourth-order valence-corrected chi connectivity index (χ4v) is 5.21. The summed E-state index contributed by atoms with van der Waals surface area (Å²) in [6, 6.07) is 5.85. The number of nitrogens with one attached hydrogen (secondary N) is 2. The molecule has 0 spiro atoms. The minimum absolute atomic E-state index is 0.00779. The van der Waals surface area contributed by atoms with Gasteiger partial charge in [-0.25, -0.2) is 0 Å². The lowest BCUT2D eigenvalue weighted by molar-refractivity contribution is -0.274. The lowest BCUT2D eigenvalue weighted by atomic mass is 9.74. The second-order valence-electron chi connectivity index (χ2n) is 10.2. The van der Waals surface area contributed by atoms with E-state index in [0.29, 0.717) is 23.5 Å². The van der Waals surface area contributed by atoms with Crippen molar-refractivity contribution >= 4 is 0 Å². The molecule has 34 heavy (non-hydrogen) atoms. The summed E-state index contributed by atoms with van der Waals surface area (Å²) in [6.07, 6.45) is 0.643. The Labute approximate surface area is 195 Å². The molecule has 182 valence electrons. The highest BCUT2D eigenvalue weighted by Gasteiger charge is 2.38. The summed E-state index contributed by atoms with van der Waals surface area (Å²) in [6.45, 7) is 8.70. The number of H-pyrrole nitrogens is 1. The first-order valence-electron chi connectivity index (χ1n) is 11.0. The van der Waals surface area contributed by atoms with Gasteiger partial charge in [-0.1, -0.05) is 0 Å². The summed E-state index contributed by atoms with van der Waals surface area (Å²) in [7, 11) is 0. The lowest BCUT2D eigenvalue weighted by Gasteiger charge is -2.46. The van der Waals surface area contributed by atoms with Gasteiger partial charge in [0.2, 0.25) is 0 Å². The number of ether oxygens (including phenoxy) is 1. The van der Waals surface area contributed by atoms with E-state index in [1.165, 1.54) is 24.5 Å². The molecule has 4 rings (SSSR count). The average Bonchev–Trinajstić information content (AvgIpc) is 3.20. The van der Waals surface area contributed by atoms with E-state index in [1.54, 1.807) is 12.1 Å². The Hall–Kier alpha value is -3.14. The van der Waals surface area contributed by atoms with Crippen LogP contribution in [0.1, 0.15) is 46.2 Å². The standard InChI is InChI=1S/C24H28F3N5O2/c1-22(2)10-14(11-23(3,4)32-22)7-17-5-6-18(31-30-17)21-19(33)8-15(16-12-28-29-13-16)9-20(21)34-24(25,26)27/h5-6,8-9,12-14,32-33H,7,10-11H2,1-4H3,(H,28,29). The van der Waals surface area contributed by atoms with Crippen LogP contribution < -0.4 is 10.1 Å². The number of hydrogen-bond acceptors (Lipinski definition) is 6. The van der Waals surface area contributed by atoms with Gasteiger partial charge in [-0.15, -0.1) is 18.3 Å². The first-order chi connectivity index (χ1) is 15.8. The van der Waals surface area contributed by atoms with Crippen LogP contribution in [0.3, 0.4) is 0 Å². The van der Waals surface area contributed by atoms with Crippen LogP contribution in [0.25, 0.3) is 22.4 Å². The third-order valence-electron chi connectivity index (χ3n) is 5.89. The van der Waals surface area contributed by atoms with E-state index in [2.05, 4.69) is 58.1 Å². The smallest absolute Gasteiger partial charge is 0.507 e. The van der Waals surface area contributed by atoms with Crippen molar-refractivity contribution < 1.29 is 23.0 Å². The van der Waals surface area contributed by atoms with Crippen molar-refractivity contribution in [3.63, 3.8) is 0 Å². The molecule has 0 unspecified atom stereocenters. The average molecular weight is 476 g/mol. The van der Waals surface area contributed by atoms with E-state index in [1.807, 2.05) is 0 Å². The highest BCUT2D eigenvalue weighted by molar-refractivity contribution is 5.79. The van der Waals surface area contributed by atoms with Crippen LogP contribution >= 0.6 is 0 Å². The quantitative estimate of drug-likeness (QED) is 0.467. The van der Waals surface area contributed by atoms with Gasteiger partial charge in [0.25, 0.3) is 0 Å². The molecule has 1 aliphatic heterocycles. The van der Waals surface area contributed by atoms with Gasteiger partial charge in [-0.2, -0.15) is 10.2 Å². The van der Waals surface area contributed by atoms with Gasteiger partial charge < -0.3 is 15.2 Å². The number of benzene rings is 1. The number of aromatic nitrogens is 4. The third kappa shape index (κ3) is 5.67. The molecule has 1 aromatic carbocycles. The Bertz CT molecular complexity index is 1130. The first kappa shape index (κ1) is 24.0. The van der Waals surface area contributed by atoms with Crippen molar-refractivity contribution in [2.75, 3.05) is 0 Å². The van der Waals surface area contributed by atoms with E-state index in [9.17, 15) is 18.3 Å². The Kier molecular flexibility index (Phi) is 6.05. The number of halogens is 3. The summed E-state index contributed by atoms with van der Waals surface area (Å²) in [4.78, 5) is 0. The summed E-state index contributed by atoms with van der Waals surface area (Å²) in [5.74, 6) is -0.576. The molecule has 0 bridgehead atoms. The van der Waals surface area contributed by atoms with Gasteiger partial charge >= 0.3 is 6.36 Å². The lowest BCUT2D eigenvalue weighted by Crippen LogP contribution is -2.58. The van der Waals surface area contributed by atoms with E-state index in [4.69, 9.17) is 0 Å². The van der Waals surface area contributed by atoms with Crippen LogP contribution in [-0.2, 0) is 6.42 Å². The van der Waals surface area contributed by atoms with Gasteiger partial charge in [-0.05, 0) is 82.7 Å². The highest BCUT2D eigenvalue weighted by Crippen LogP contribution is 2.42. The van der Waals surface area contributed by atoms with Crippen LogP contribution in [0.2, 0.25) is 0 Å². The summed E-state index contributed by atoms with van der Waals surface area (Å²) in [5.41, 5.74) is 1.46. The molecule has 0 amide bonds. The molecule has 1 aliphatic rings. The summed E-state index contributed by atoms with van der Waals surface area (Å²) < 4.78 is 43.6. The van der Waals surface area contributed by atoms with Gasteiger partial charge in [0.05, 0.1) is 17.5 Å². The van der Waals surface area contributed by atoms with Gasteiger partial charge in [0, 0.05) is 22.8 Å². The molecule has 0 aliphatic carbocycles. The van der Waals surface area contributed by atoms with Crippen LogP contribution in [0.15, 0.2) is 36.7 Å². The molecular formula is C24H28F3N5O2. The molecular weight excluding hydrogens is 447 g/mol. The molecule has 0 atom stereocenters. The molecule has 1 fully saturated rings. The molecule has 7 nitrogen and oxygen atoms in total. The van der Waals surface area contributed by atoms with Crippen LogP contribution in [0, 0.1) is 5.92 Å². The van der Waals surface area contributed by atoms with Crippen molar-refractivity contribution in [1.29, 1.82) is 0 Å². The molecule has 0 radical (unpaired) electrons. The number of alkyl halides is 3. The fourth-order valence-electron chi connectivity index (χ4n) is 5.21. The number of aromatic amines is 1. The van der Waals surface area contributed by atoms with E-state index in [0.717, 1.165) is 18.5 Å². The normalized spacial score (nSPS) is 18.1. The van der Waals surface area contributed by atoms with Gasteiger partial charge in [-0.3, -0.25) is 5.10 Å². The zero-order chi connectivity index (χ0) is 24.7. The second kappa shape index (κ2) is 8.57. The minimum atomic E-state index is -4.95.